The molecule has 0 saturated carbocycles. The summed E-state index contributed by atoms with van der Waals surface area (Å²) >= 11 is 0. The Hall–Kier alpha value is -1.66. The van der Waals surface area contributed by atoms with Gasteiger partial charge in [0.2, 0.25) is 0 Å². The Labute approximate surface area is 112 Å². The summed E-state index contributed by atoms with van der Waals surface area (Å²) in [5, 5.41) is 14.1. The molecule has 0 aliphatic rings. The lowest BCUT2D eigenvalue weighted by Gasteiger charge is -2.11. The second-order valence-electron chi connectivity index (χ2n) is 4.35. The molecular formula is C13H20N2O4. The minimum Gasteiger partial charge on any atom is -0.460 e. The molecule has 0 unspecified atom stereocenters. The number of nitro groups is 1. The highest BCUT2D eigenvalue weighted by molar-refractivity contribution is 5.48. The second-order valence-corrected chi connectivity index (χ2v) is 4.35. The highest BCUT2D eigenvalue weighted by Crippen LogP contribution is 2.28. The number of nitro benzene ring substituents is 1. The van der Waals surface area contributed by atoms with E-state index in [1.54, 1.807) is 12.1 Å². The van der Waals surface area contributed by atoms with E-state index in [4.69, 9.17) is 9.47 Å². The van der Waals surface area contributed by atoms with Crippen LogP contribution in [0.3, 0.4) is 0 Å². The summed E-state index contributed by atoms with van der Waals surface area (Å²) in [4.78, 5) is 10.4. The van der Waals surface area contributed by atoms with Gasteiger partial charge in [-0.05, 0) is 18.6 Å². The summed E-state index contributed by atoms with van der Waals surface area (Å²) in [6.07, 6.45) is 0. The van der Waals surface area contributed by atoms with E-state index in [1.165, 1.54) is 6.07 Å². The SMILES string of the molecule is CCOCOc1cc(CNC(C)C)ccc1[N+](=O)[O-]. The van der Waals surface area contributed by atoms with Crippen LogP contribution < -0.4 is 10.1 Å². The van der Waals surface area contributed by atoms with Crippen LogP contribution in [0.1, 0.15) is 26.3 Å². The second kappa shape index (κ2) is 7.70. The van der Waals surface area contributed by atoms with Crippen molar-refractivity contribution in [3.05, 3.63) is 33.9 Å². The summed E-state index contributed by atoms with van der Waals surface area (Å²) in [5.74, 6) is 0.238. The summed E-state index contributed by atoms with van der Waals surface area (Å²) in [6.45, 7) is 7.07. The summed E-state index contributed by atoms with van der Waals surface area (Å²) in [5.41, 5.74) is 0.888. The van der Waals surface area contributed by atoms with Gasteiger partial charge in [0.25, 0.3) is 0 Å². The minimum atomic E-state index is -0.457. The fraction of sp³-hybridized carbons (Fsp3) is 0.538. The Morgan fingerprint density at radius 1 is 1.42 bits per heavy atom. The molecule has 0 saturated heterocycles. The van der Waals surface area contributed by atoms with Gasteiger partial charge in [-0.15, -0.1) is 0 Å². The number of rotatable bonds is 8. The molecule has 0 radical (unpaired) electrons. The van der Waals surface area contributed by atoms with Gasteiger partial charge in [-0.2, -0.15) is 0 Å². The smallest absolute Gasteiger partial charge is 0.311 e. The fourth-order valence-corrected chi connectivity index (χ4v) is 1.45. The molecule has 6 heteroatoms. The van der Waals surface area contributed by atoms with Crippen molar-refractivity contribution in [3.63, 3.8) is 0 Å². The molecule has 0 aliphatic carbocycles. The van der Waals surface area contributed by atoms with Gasteiger partial charge in [0.05, 0.1) is 4.92 Å². The zero-order valence-electron chi connectivity index (χ0n) is 11.5. The third-order valence-electron chi connectivity index (χ3n) is 2.44. The molecule has 0 fully saturated rings. The number of benzene rings is 1. The number of nitrogens with zero attached hydrogens (tertiary/aromatic N) is 1. The quantitative estimate of drug-likeness (QED) is 0.339. The number of hydrogen-bond donors (Lipinski definition) is 1. The van der Waals surface area contributed by atoms with Crippen molar-refractivity contribution in [3.8, 4) is 5.75 Å². The largest absolute Gasteiger partial charge is 0.460 e. The third kappa shape index (κ3) is 5.23. The average molecular weight is 268 g/mol. The Bertz CT molecular complexity index is 421. The Kier molecular flexibility index (Phi) is 6.24. The Balaban J connectivity index is 2.81. The van der Waals surface area contributed by atoms with E-state index in [1.807, 2.05) is 20.8 Å². The molecular weight excluding hydrogens is 248 g/mol. The van der Waals surface area contributed by atoms with E-state index in [0.717, 1.165) is 5.56 Å². The summed E-state index contributed by atoms with van der Waals surface area (Å²) < 4.78 is 10.3. The molecule has 106 valence electrons. The van der Waals surface area contributed by atoms with Crippen molar-refractivity contribution < 1.29 is 14.4 Å². The molecule has 6 nitrogen and oxygen atoms in total. The summed E-state index contributed by atoms with van der Waals surface area (Å²) in [6, 6.07) is 5.20. The topological polar surface area (TPSA) is 73.6 Å². The fourth-order valence-electron chi connectivity index (χ4n) is 1.45. The van der Waals surface area contributed by atoms with Crippen LogP contribution in [0.15, 0.2) is 18.2 Å². The van der Waals surface area contributed by atoms with Gasteiger partial charge in [0.1, 0.15) is 0 Å². The van der Waals surface area contributed by atoms with Crippen molar-refractivity contribution in [2.24, 2.45) is 0 Å². The Morgan fingerprint density at radius 3 is 2.74 bits per heavy atom. The lowest BCUT2D eigenvalue weighted by Crippen LogP contribution is -2.21. The van der Waals surface area contributed by atoms with E-state index in [0.29, 0.717) is 19.2 Å². The maximum atomic E-state index is 10.9. The lowest BCUT2D eigenvalue weighted by molar-refractivity contribution is -0.386. The van der Waals surface area contributed by atoms with Crippen LogP contribution in [0, 0.1) is 10.1 Å². The zero-order valence-corrected chi connectivity index (χ0v) is 11.5. The van der Waals surface area contributed by atoms with E-state index in [2.05, 4.69) is 5.32 Å². The van der Waals surface area contributed by atoms with Crippen LogP contribution in [-0.4, -0.2) is 24.4 Å². The van der Waals surface area contributed by atoms with Gasteiger partial charge in [0.15, 0.2) is 12.5 Å². The lowest BCUT2D eigenvalue weighted by atomic mass is 10.2. The van der Waals surface area contributed by atoms with E-state index < -0.39 is 4.92 Å². The van der Waals surface area contributed by atoms with Gasteiger partial charge in [-0.3, -0.25) is 10.1 Å². The van der Waals surface area contributed by atoms with Crippen LogP contribution >= 0.6 is 0 Å². The highest BCUT2D eigenvalue weighted by Gasteiger charge is 2.15. The molecule has 0 heterocycles. The molecule has 1 N–H and O–H groups in total. The van der Waals surface area contributed by atoms with Crippen LogP contribution in [0.5, 0.6) is 5.75 Å². The number of ether oxygens (including phenoxy) is 2. The predicted molar refractivity (Wildman–Crippen MR) is 72.2 cm³/mol. The first kappa shape index (κ1) is 15.4. The van der Waals surface area contributed by atoms with Gasteiger partial charge in [-0.1, -0.05) is 19.9 Å². The molecule has 1 aromatic rings. The number of hydrogen-bond acceptors (Lipinski definition) is 5. The highest BCUT2D eigenvalue weighted by atomic mass is 16.7. The molecule has 0 aliphatic heterocycles. The standard InChI is InChI=1S/C13H20N2O4/c1-4-18-9-19-13-7-11(8-14-10(2)3)5-6-12(13)15(16)17/h5-7,10,14H,4,8-9H2,1-3H3. The minimum absolute atomic E-state index is 0.0123. The van der Waals surface area contributed by atoms with Crippen LogP contribution in [0.2, 0.25) is 0 Å². The van der Waals surface area contributed by atoms with E-state index in [9.17, 15) is 10.1 Å². The first-order valence-electron chi connectivity index (χ1n) is 6.25. The first-order chi connectivity index (χ1) is 9.04. The number of nitrogens with one attached hydrogen (secondary N) is 1. The van der Waals surface area contributed by atoms with Crippen molar-refractivity contribution in [2.75, 3.05) is 13.4 Å². The van der Waals surface area contributed by atoms with E-state index >= 15 is 0 Å². The predicted octanol–water partition coefficient (Wildman–Crippen LogP) is 2.47. The molecule has 1 aromatic carbocycles. The van der Waals surface area contributed by atoms with E-state index in [-0.39, 0.29) is 18.2 Å². The molecule has 0 bridgehead atoms. The zero-order chi connectivity index (χ0) is 14.3. The van der Waals surface area contributed by atoms with Crippen LogP contribution in [-0.2, 0) is 11.3 Å². The first-order valence-corrected chi connectivity index (χ1v) is 6.25. The van der Waals surface area contributed by atoms with Gasteiger partial charge < -0.3 is 14.8 Å². The van der Waals surface area contributed by atoms with Crippen LogP contribution in [0.25, 0.3) is 0 Å². The normalized spacial score (nSPS) is 10.7. The van der Waals surface area contributed by atoms with Crippen molar-refractivity contribution >= 4 is 5.69 Å². The van der Waals surface area contributed by atoms with Gasteiger partial charge in [-0.25, -0.2) is 0 Å². The maximum absolute atomic E-state index is 10.9. The molecule has 1 rings (SSSR count). The van der Waals surface area contributed by atoms with Gasteiger partial charge in [0, 0.05) is 25.3 Å². The average Bonchev–Trinajstić information content (AvgIpc) is 2.36. The third-order valence-corrected chi connectivity index (χ3v) is 2.44. The summed E-state index contributed by atoms with van der Waals surface area (Å²) in [7, 11) is 0. The molecule has 0 atom stereocenters. The molecule has 0 aromatic heterocycles. The molecule has 19 heavy (non-hydrogen) atoms. The van der Waals surface area contributed by atoms with Crippen molar-refractivity contribution in [1.82, 2.24) is 5.32 Å². The molecule has 0 spiro atoms. The van der Waals surface area contributed by atoms with Gasteiger partial charge >= 0.3 is 5.69 Å². The van der Waals surface area contributed by atoms with Crippen LogP contribution in [0.4, 0.5) is 5.69 Å². The maximum Gasteiger partial charge on any atom is 0.311 e. The van der Waals surface area contributed by atoms with Crippen molar-refractivity contribution in [1.29, 1.82) is 0 Å². The Morgan fingerprint density at radius 2 is 2.16 bits per heavy atom. The molecule has 0 amide bonds. The monoisotopic (exact) mass is 268 g/mol. The van der Waals surface area contributed by atoms with Crippen molar-refractivity contribution in [2.45, 2.75) is 33.4 Å².